The topological polar surface area (TPSA) is 91.8 Å². The molecule has 2 bridgehead atoms. The van der Waals surface area contributed by atoms with E-state index in [0.29, 0.717) is 12.3 Å². The van der Waals surface area contributed by atoms with Crippen LogP contribution in [0.2, 0.25) is 0 Å². The summed E-state index contributed by atoms with van der Waals surface area (Å²) >= 11 is 0. The van der Waals surface area contributed by atoms with Crippen LogP contribution in [0.1, 0.15) is 72.6 Å². The summed E-state index contributed by atoms with van der Waals surface area (Å²) in [7, 11) is 0. The molecule has 0 amide bonds. The number of ether oxygens (including phenoxy) is 3. The molecule has 3 saturated heterocycles. The van der Waals surface area contributed by atoms with Crippen molar-refractivity contribution in [2.24, 2.45) is 28.6 Å². The van der Waals surface area contributed by atoms with Gasteiger partial charge in [0.05, 0.1) is 23.2 Å². The molecule has 6 nitrogen and oxygen atoms in total. The molecule has 3 heterocycles. The number of carbonyl (C=O) groups is 1. The molecular formula is C28H36O6. The van der Waals surface area contributed by atoms with E-state index in [2.05, 4.69) is 20.8 Å². The van der Waals surface area contributed by atoms with Crippen molar-refractivity contribution >= 4 is 5.78 Å². The maximum Gasteiger partial charge on any atom is 0.186 e. The summed E-state index contributed by atoms with van der Waals surface area (Å²) in [5.41, 5.74) is -0.122. The van der Waals surface area contributed by atoms with Crippen molar-refractivity contribution in [2.75, 3.05) is 0 Å². The molecule has 12 atom stereocenters. The van der Waals surface area contributed by atoms with Gasteiger partial charge >= 0.3 is 0 Å². The second kappa shape index (κ2) is 5.60. The predicted molar refractivity (Wildman–Crippen MR) is 122 cm³/mol. The summed E-state index contributed by atoms with van der Waals surface area (Å²) in [6.45, 7) is 8.39. The minimum atomic E-state index is -0.954. The Bertz CT molecular complexity index is 1110. The van der Waals surface area contributed by atoms with Crippen molar-refractivity contribution in [2.45, 2.75) is 114 Å². The highest BCUT2D eigenvalue weighted by Gasteiger charge is 2.79. The molecule has 184 valence electrons. The van der Waals surface area contributed by atoms with Crippen LogP contribution in [0.3, 0.4) is 0 Å². The van der Waals surface area contributed by atoms with Crippen LogP contribution in [0.4, 0.5) is 0 Å². The van der Waals surface area contributed by atoms with Gasteiger partial charge in [-0.15, -0.1) is 0 Å². The van der Waals surface area contributed by atoms with E-state index in [9.17, 15) is 15.0 Å². The number of hydrogen-bond donors (Lipinski definition) is 2. The first kappa shape index (κ1) is 21.1. The van der Waals surface area contributed by atoms with E-state index in [0.717, 1.165) is 38.5 Å². The summed E-state index contributed by atoms with van der Waals surface area (Å²) < 4.78 is 18.4. The number of allylic oxidation sites excluding steroid dienone is 1. The fraction of sp³-hybridized carbons (Fsp3) is 0.821. The van der Waals surface area contributed by atoms with Crippen LogP contribution in [-0.2, 0) is 19.0 Å². The summed E-state index contributed by atoms with van der Waals surface area (Å²) in [5.74, 6) is 0.723. The number of rotatable bonds is 1. The average molecular weight is 469 g/mol. The second-order valence-electron chi connectivity index (χ2n) is 13.6. The first-order valence-corrected chi connectivity index (χ1v) is 13.3. The molecule has 6 fully saturated rings. The van der Waals surface area contributed by atoms with E-state index in [1.165, 1.54) is 11.1 Å². The molecule has 3 aliphatic heterocycles. The smallest absolute Gasteiger partial charge is 0.186 e. The Kier molecular flexibility index (Phi) is 3.47. The number of carbonyl (C=O) groups excluding carboxylic acids is 1. The zero-order valence-electron chi connectivity index (χ0n) is 20.6. The molecule has 34 heavy (non-hydrogen) atoms. The summed E-state index contributed by atoms with van der Waals surface area (Å²) in [4.78, 5) is 13.3. The first-order valence-electron chi connectivity index (χ1n) is 13.3. The lowest BCUT2D eigenvalue weighted by Crippen LogP contribution is -2.60. The molecule has 2 N–H and O–H groups in total. The van der Waals surface area contributed by atoms with Gasteiger partial charge in [-0.3, -0.25) is 4.79 Å². The van der Waals surface area contributed by atoms with E-state index < -0.39 is 22.9 Å². The highest BCUT2D eigenvalue weighted by Crippen LogP contribution is 2.75. The van der Waals surface area contributed by atoms with E-state index in [1.807, 2.05) is 13.0 Å². The van der Waals surface area contributed by atoms with Crippen LogP contribution in [0, 0.1) is 28.6 Å². The zero-order chi connectivity index (χ0) is 23.7. The van der Waals surface area contributed by atoms with Crippen LogP contribution >= 0.6 is 0 Å². The summed E-state index contributed by atoms with van der Waals surface area (Å²) in [6.07, 6.45) is 8.65. The fourth-order valence-corrected chi connectivity index (χ4v) is 10.4. The quantitative estimate of drug-likeness (QED) is 0.454. The lowest BCUT2D eigenvalue weighted by Gasteiger charge is -2.57. The predicted octanol–water partition coefficient (Wildman–Crippen LogP) is 3.20. The average Bonchev–Trinajstić information content (AvgIpc) is 3.53. The number of aliphatic hydroxyl groups is 2. The van der Waals surface area contributed by atoms with Crippen LogP contribution in [-0.4, -0.2) is 56.9 Å². The molecule has 0 aromatic heterocycles. The van der Waals surface area contributed by atoms with Gasteiger partial charge in [-0.25, -0.2) is 0 Å². The van der Waals surface area contributed by atoms with Crippen LogP contribution in [0.5, 0.6) is 0 Å². The van der Waals surface area contributed by atoms with Gasteiger partial charge < -0.3 is 24.4 Å². The van der Waals surface area contributed by atoms with Gasteiger partial charge in [-0.1, -0.05) is 24.1 Å². The Labute approximate surface area is 200 Å². The molecule has 0 unspecified atom stereocenters. The van der Waals surface area contributed by atoms with Crippen molar-refractivity contribution in [3.05, 3.63) is 23.3 Å². The Morgan fingerprint density at radius 1 is 1.15 bits per heavy atom. The van der Waals surface area contributed by atoms with Crippen molar-refractivity contribution < 1.29 is 29.2 Å². The Hall–Kier alpha value is -1.05. The minimum Gasteiger partial charge on any atom is -0.389 e. The number of aliphatic hydroxyl groups excluding tert-OH is 1. The third-order valence-electron chi connectivity index (χ3n) is 12.6. The number of ketones is 1. The Balaban J connectivity index is 1.18. The maximum absolute atomic E-state index is 13.3. The molecule has 1 spiro atoms. The Morgan fingerprint density at radius 3 is 2.71 bits per heavy atom. The molecule has 0 aromatic rings. The maximum atomic E-state index is 13.3. The van der Waals surface area contributed by atoms with Crippen molar-refractivity contribution in [1.82, 2.24) is 0 Å². The molecule has 8 aliphatic rings. The van der Waals surface area contributed by atoms with Crippen LogP contribution in [0.25, 0.3) is 0 Å². The highest BCUT2D eigenvalue weighted by molar-refractivity contribution is 5.98. The summed E-state index contributed by atoms with van der Waals surface area (Å²) in [5, 5.41) is 23.1. The van der Waals surface area contributed by atoms with Gasteiger partial charge in [0.2, 0.25) is 0 Å². The van der Waals surface area contributed by atoms with Gasteiger partial charge in [0, 0.05) is 17.8 Å². The lowest BCUT2D eigenvalue weighted by molar-refractivity contribution is -0.223. The fourth-order valence-electron chi connectivity index (χ4n) is 10.4. The normalized spacial score (nSPS) is 64.7. The SMILES string of the molecule is C[C@]12CC[C@H]3C(=C1[C@H]1C[C@H]([C@H]4C[C@]5(C)O[C@]5(C)[C@H](O)O4)[C@]2(O)C1)C[C@H]1O[C@]12CC=CC(=O)[C@]32C. The van der Waals surface area contributed by atoms with E-state index >= 15 is 0 Å². The highest BCUT2D eigenvalue weighted by atomic mass is 16.7. The molecule has 3 saturated carbocycles. The van der Waals surface area contributed by atoms with E-state index in [1.54, 1.807) is 6.08 Å². The monoisotopic (exact) mass is 468 g/mol. The van der Waals surface area contributed by atoms with E-state index in [-0.39, 0.29) is 46.4 Å². The zero-order valence-corrected chi connectivity index (χ0v) is 20.6. The number of fused-ring (bicyclic) bond motifs is 8. The second-order valence-corrected chi connectivity index (χ2v) is 13.6. The van der Waals surface area contributed by atoms with Crippen LogP contribution in [0.15, 0.2) is 23.3 Å². The van der Waals surface area contributed by atoms with Crippen molar-refractivity contribution in [1.29, 1.82) is 0 Å². The third kappa shape index (κ3) is 1.93. The molecule has 6 heteroatoms. The molecule has 0 radical (unpaired) electrons. The van der Waals surface area contributed by atoms with Crippen molar-refractivity contribution in [3.63, 3.8) is 0 Å². The van der Waals surface area contributed by atoms with Crippen molar-refractivity contribution in [3.8, 4) is 0 Å². The molecule has 0 aromatic carbocycles. The van der Waals surface area contributed by atoms with Gasteiger partial charge in [0.1, 0.15) is 16.8 Å². The van der Waals surface area contributed by atoms with Gasteiger partial charge in [-0.2, -0.15) is 0 Å². The van der Waals surface area contributed by atoms with E-state index in [4.69, 9.17) is 14.2 Å². The largest absolute Gasteiger partial charge is 0.389 e. The standard InChI is InChI=1S/C28H36O6/c1-23-9-7-16-15(11-20-28(33-20)8-5-6-19(29)25(16,28)3)21(23)14-10-17(27(23,31)12-14)18-13-24(2)26(4,34-24)22(30)32-18/h5-6,14,16-18,20,22,30-31H,7-13H2,1-4H3/t14-,16-,17+,18+,20+,22+,23-,24-,25-,26+,27+,28+/m0/s1. The van der Waals surface area contributed by atoms with Gasteiger partial charge in [0.25, 0.3) is 0 Å². The van der Waals surface area contributed by atoms with Gasteiger partial charge in [0.15, 0.2) is 12.1 Å². The third-order valence-corrected chi connectivity index (χ3v) is 12.6. The minimum absolute atomic E-state index is 0.0155. The molecule has 5 aliphatic carbocycles. The number of hydrogen-bond acceptors (Lipinski definition) is 6. The molecule has 8 rings (SSSR count). The first-order chi connectivity index (χ1) is 15.9. The van der Waals surface area contributed by atoms with Crippen LogP contribution < -0.4 is 0 Å². The summed E-state index contributed by atoms with van der Waals surface area (Å²) in [6, 6.07) is 0. The van der Waals surface area contributed by atoms with Gasteiger partial charge in [-0.05, 0) is 77.2 Å². The Morgan fingerprint density at radius 2 is 1.94 bits per heavy atom. The number of epoxide rings is 2. The molecular weight excluding hydrogens is 432 g/mol. The lowest BCUT2D eigenvalue weighted by atomic mass is 9.47.